The fourth-order valence-corrected chi connectivity index (χ4v) is 3.25. The Hall–Kier alpha value is -2.76. The monoisotopic (exact) mass is 295 g/mol. The van der Waals surface area contributed by atoms with Gasteiger partial charge < -0.3 is 0 Å². The predicted octanol–water partition coefficient (Wildman–Crippen LogP) is 1.31. The van der Waals surface area contributed by atoms with Gasteiger partial charge in [0, 0.05) is 29.0 Å². The summed E-state index contributed by atoms with van der Waals surface area (Å²) in [6, 6.07) is 3.01. The van der Waals surface area contributed by atoms with Gasteiger partial charge >= 0.3 is 0 Å². The quantitative estimate of drug-likeness (QED) is 0.804. The maximum atomic E-state index is 12.7. The molecule has 2 aliphatic rings. The highest BCUT2D eigenvalue weighted by Gasteiger charge is 2.40. The molecule has 4 rings (SSSR count). The van der Waals surface area contributed by atoms with E-state index in [2.05, 4.69) is 10.3 Å². The molecule has 0 aliphatic carbocycles. The maximum absolute atomic E-state index is 12.7. The van der Waals surface area contributed by atoms with E-state index in [1.54, 1.807) is 18.5 Å². The Bertz CT molecular complexity index is 859. The first-order valence-electron chi connectivity index (χ1n) is 7.12. The summed E-state index contributed by atoms with van der Waals surface area (Å²) in [6.07, 6.45) is 3.91. The Balaban J connectivity index is 1.89. The number of piperidine rings is 1. The van der Waals surface area contributed by atoms with E-state index in [0.717, 1.165) is 16.3 Å². The molecular weight excluding hydrogens is 282 g/mol. The van der Waals surface area contributed by atoms with Crippen molar-refractivity contribution in [1.82, 2.24) is 10.3 Å². The molecule has 3 amide bonds. The van der Waals surface area contributed by atoms with Gasteiger partial charge in [-0.1, -0.05) is 6.07 Å². The number of aryl methyl sites for hydroxylation is 1. The van der Waals surface area contributed by atoms with Gasteiger partial charge in [-0.05, 0) is 25.0 Å². The number of benzene rings is 1. The Morgan fingerprint density at radius 1 is 1.23 bits per heavy atom. The average Bonchev–Trinajstić information content (AvgIpc) is 2.77. The highest BCUT2D eigenvalue weighted by Crippen LogP contribution is 2.39. The molecule has 1 N–H and O–H groups in total. The number of aromatic nitrogens is 1. The van der Waals surface area contributed by atoms with Crippen LogP contribution in [0.4, 0.5) is 5.69 Å². The van der Waals surface area contributed by atoms with Crippen LogP contribution in [0.25, 0.3) is 10.8 Å². The van der Waals surface area contributed by atoms with E-state index in [1.165, 1.54) is 4.90 Å². The molecule has 1 atom stereocenters. The van der Waals surface area contributed by atoms with Gasteiger partial charge in [-0.3, -0.25) is 29.6 Å². The molecule has 1 fully saturated rings. The van der Waals surface area contributed by atoms with Crippen molar-refractivity contribution in [1.29, 1.82) is 0 Å². The fourth-order valence-electron chi connectivity index (χ4n) is 3.25. The van der Waals surface area contributed by atoms with E-state index in [-0.39, 0.29) is 18.2 Å². The second-order valence-electron chi connectivity index (χ2n) is 5.65. The molecular formula is C16H13N3O3. The number of carbonyl (C=O) groups excluding carboxylic acids is 3. The number of pyridine rings is 1. The van der Waals surface area contributed by atoms with Gasteiger partial charge in [0.15, 0.2) is 0 Å². The van der Waals surface area contributed by atoms with Gasteiger partial charge in [0.2, 0.25) is 11.8 Å². The average molecular weight is 295 g/mol. The molecule has 110 valence electrons. The number of hydrogen-bond donors (Lipinski definition) is 1. The lowest BCUT2D eigenvalue weighted by Crippen LogP contribution is -2.53. The summed E-state index contributed by atoms with van der Waals surface area (Å²) in [4.78, 5) is 41.9. The van der Waals surface area contributed by atoms with Crippen LogP contribution in [0.1, 0.15) is 28.8 Å². The van der Waals surface area contributed by atoms with Crippen LogP contribution in [0.5, 0.6) is 0 Å². The van der Waals surface area contributed by atoms with Gasteiger partial charge in [-0.2, -0.15) is 0 Å². The van der Waals surface area contributed by atoms with Gasteiger partial charge in [0.1, 0.15) is 6.04 Å². The number of imide groups is 1. The zero-order valence-electron chi connectivity index (χ0n) is 11.9. The molecule has 6 nitrogen and oxygen atoms in total. The minimum absolute atomic E-state index is 0.206. The molecule has 0 radical (unpaired) electrons. The number of amides is 3. The molecule has 1 unspecified atom stereocenters. The zero-order chi connectivity index (χ0) is 15.4. The van der Waals surface area contributed by atoms with E-state index in [9.17, 15) is 14.4 Å². The van der Waals surface area contributed by atoms with Crippen molar-refractivity contribution in [3.63, 3.8) is 0 Å². The summed E-state index contributed by atoms with van der Waals surface area (Å²) in [5.74, 6) is -0.925. The Morgan fingerprint density at radius 3 is 2.82 bits per heavy atom. The summed E-state index contributed by atoms with van der Waals surface area (Å²) in [5, 5.41) is 4.06. The molecule has 0 bridgehead atoms. The number of anilines is 1. The molecule has 0 saturated carbocycles. The first kappa shape index (κ1) is 12.9. The van der Waals surface area contributed by atoms with Crippen LogP contribution in [-0.4, -0.2) is 28.7 Å². The highest BCUT2D eigenvalue weighted by atomic mass is 16.2. The fraction of sp³-hybridized carbons (Fsp3) is 0.250. The van der Waals surface area contributed by atoms with E-state index in [4.69, 9.17) is 0 Å². The number of nitrogens with zero attached hydrogens (tertiary/aromatic N) is 2. The second kappa shape index (κ2) is 4.37. The number of nitrogens with one attached hydrogen (secondary N) is 1. The molecule has 6 heteroatoms. The number of carbonyl (C=O) groups is 3. The van der Waals surface area contributed by atoms with Crippen molar-refractivity contribution in [3.05, 3.63) is 35.7 Å². The van der Waals surface area contributed by atoms with Crippen molar-refractivity contribution in [2.24, 2.45) is 0 Å². The lowest BCUT2D eigenvalue weighted by molar-refractivity contribution is -0.134. The molecule has 2 aromatic rings. The lowest BCUT2D eigenvalue weighted by Gasteiger charge is -2.29. The van der Waals surface area contributed by atoms with Crippen molar-refractivity contribution < 1.29 is 14.4 Å². The normalized spacial score (nSPS) is 20.7. The van der Waals surface area contributed by atoms with Crippen LogP contribution in [-0.2, 0) is 9.59 Å². The summed E-state index contributed by atoms with van der Waals surface area (Å²) < 4.78 is 0. The smallest absolute Gasteiger partial charge is 0.259 e. The van der Waals surface area contributed by atoms with E-state index >= 15 is 0 Å². The van der Waals surface area contributed by atoms with Gasteiger partial charge in [0.05, 0.1) is 11.9 Å². The maximum Gasteiger partial charge on any atom is 0.259 e. The Labute approximate surface area is 126 Å². The number of rotatable bonds is 1. The Kier molecular flexibility index (Phi) is 2.57. The Morgan fingerprint density at radius 2 is 2.05 bits per heavy atom. The zero-order valence-corrected chi connectivity index (χ0v) is 11.9. The topological polar surface area (TPSA) is 79.4 Å². The van der Waals surface area contributed by atoms with Crippen LogP contribution in [0.2, 0.25) is 0 Å². The van der Waals surface area contributed by atoms with E-state index in [1.807, 2.05) is 13.0 Å². The third-order valence-electron chi connectivity index (χ3n) is 4.35. The molecule has 1 aromatic carbocycles. The SMILES string of the molecule is Cc1ccc2c3c(cncc13)N(C1CCC(=O)NC1=O)C2=O. The third kappa shape index (κ3) is 1.60. The summed E-state index contributed by atoms with van der Waals surface area (Å²) in [6.45, 7) is 1.96. The first-order valence-corrected chi connectivity index (χ1v) is 7.12. The standard InChI is InChI=1S/C16H13N3O3/c1-8-2-3-9-14-10(8)6-17-7-12(14)19(16(9)22)11-4-5-13(20)18-15(11)21/h2-3,6-7,11H,4-5H2,1H3,(H,18,20,21). The van der Waals surface area contributed by atoms with Crippen LogP contribution in [0.3, 0.4) is 0 Å². The van der Waals surface area contributed by atoms with Gasteiger partial charge in [0.25, 0.3) is 5.91 Å². The van der Waals surface area contributed by atoms with Gasteiger partial charge in [-0.15, -0.1) is 0 Å². The van der Waals surface area contributed by atoms with Crippen LogP contribution < -0.4 is 10.2 Å². The largest absolute Gasteiger partial charge is 0.295 e. The summed E-state index contributed by atoms with van der Waals surface area (Å²) in [5.41, 5.74) is 2.27. The lowest BCUT2D eigenvalue weighted by atomic mass is 10.0. The van der Waals surface area contributed by atoms with Crippen LogP contribution in [0.15, 0.2) is 24.5 Å². The predicted molar refractivity (Wildman–Crippen MR) is 79.5 cm³/mol. The van der Waals surface area contributed by atoms with Crippen molar-refractivity contribution >= 4 is 34.2 Å². The number of hydrogen-bond acceptors (Lipinski definition) is 4. The van der Waals surface area contributed by atoms with Crippen LogP contribution >= 0.6 is 0 Å². The third-order valence-corrected chi connectivity index (χ3v) is 4.35. The minimum atomic E-state index is -0.662. The molecule has 3 heterocycles. The van der Waals surface area contributed by atoms with Crippen LogP contribution in [0, 0.1) is 6.92 Å². The summed E-state index contributed by atoms with van der Waals surface area (Å²) in [7, 11) is 0. The van der Waals surface area contributed by atoms with Crippen molar-refractivity contribution in [2.45, 2.75) is 25.8 Å². The molecule has 1 saturated heterocycles. The molecule has 2 aliphatic heterocycles. The first-order chi connectivity index (χ1) is 10.6. The minimum Gasteiger partial charge on any atom is -0.295 e. The van der Waals surface area contributed by atoms with E-state index in [0.29, 0.717) is 17.7 Å². The molecule has 1 aromatic heterocycles. The molecule has 22 heavy (non-hydrogen) atoms. The highest BCUT2D eigenvalue weighted by molar-refractivity contribution is 6.27. The van der Waals surface area contributed by atoms with Gasteiger partial charge in [-0.25, -0.2) is 0 Å². The molecule has 0 spiro atoms. The van der Waals surface area contributed by atoms with E-state index < -0.39 is 11.9 Å². The second-order valence-corrected chi connectivity index (χ2v) is 5.65. The van der Waals surface area contributed by atoms with Crippen molar-refractivity contribution in [3.8, 4) is 0 Å². The summed E-state index contributed by atoms with van der Waals surface area (Å²) >= 11 is 0. The van der Waals surface area contributed by atoms with Crippen molar-refractivity contribution in [2.75, 3.05) is 4.90 Å².